The Morgan fingerprint density at radius 3 is 2.38 bits per heavy atom. The summed E-state index contributed by atoms with van der Waals surface area (Å²) in [5, 5.41) is 18.4. The molecule has 3 aromatic carbocycles. The maximum Gasteiger partial charge on any atom is 0.248 e. The molecule has 0 radical (unpaired) electrons. The summed E-state index contributed by atoms with van der Waals surface area (Å²) >= 11 is 7.20. The fourth-order valence-electron chi connectivity index (χ4n) is 2.22. The highest BCUT2D eigenvalue weighted by atomic mass is 35.5. The third-order valence-electron chi connectivity index (χ3n) is 3.80. The minimum absolute atomic E-state index is 0.0586. The number of rotatable bonds is 5. The summed E-state index contributed by atoms with van der Waals surface area (Å²) in [4.78, 5) is 11.8. The van der Waals surface area contributed by atoms with Gasteiger partial charge in [-0.25, -0.2) is 0 Å². The van der Waals surface area contributed by atoms with Crippen LogP contribution in [0.1, 0.15) is 27.0 Å². The van der Waals surface area contributed by atoms with Crippen molar-refractivity contribution in [3.05, 3.63) is 99.4 Å². The topological polar surface area (TPSA) is 87.2 Å². The number of benzene rings is 3. The van der Waals surface area contributed by atoms with Crippen LogP contribution >= 0.6 is 23.4 Å². The molecular formula is C23H21ClN2O2S. The molecule has 29 heavy (non-hydrogen) atoms. The summed E-state index contributed by atoms with van der Waals surface area (Å²) in [7, 11) is 0. The second-order valence-electron chi connectivity index (χ2n) is 6.08. The fourth-order valence-corrected chi connectivity index (χ4v) is 3.08. The quantitative estimate of drug-likeness (QED) is 0.352. The van der Waals surface area contributed by atoms with Crippen molar-refractivity contribution in [1.29, 1.82) is 5.41 Å². The molecule has 0 aliphatic carbocycles. The molecule has 0 aliphatic rings. The Balaban J connectivity index is 0.000000234. The molecule has 0 bridgehead atoms. The molecule has 148 valence electrons. The van der Waals surface area contributed by atoms with Gasteiger partial charge in [-0.2, -0.15) is 0 Å². The monoisotopic (exact) mass is 424 g/mol. The van der Waals surface area contributed by atoms with Crippen molar-refractivity contribution in [1.82, 2.24) is 0 Å². The Morgan fingerprint density at radius 2 is 1.76 bits per heavy atom. The molecule has 0 saturated carbocycles. The molecule has 0 unspecified atom stereocenters. The Hall–Kier alpha value is -3.02. The first-order valence-corrected chi connectivity index (χ1v) is 9.93. The van der Waals surface area contributed by atoms with Gasteiger partial charge in [0, 0.05) is 16.7 Å². The van der Waals surface area contributed by atoms with Gasteiger partial charge in [0.25, 0.3) is 0 Å². The van der Waals surface area contributed by atoms with Crippen LogP contribution in [0.5, 0.6) is 5.75 Å². The highest BCUT2D eigenvalue weighted by molar-refractivity contribution is 8.02. The minimum Gasteiger partial charge on any atom is -0.506 e. The van der Waals surface area contributed by atoms with Gasteiger partial charge in [-0.1, -0.05) is 59.3 Å². The van der Waals surface area contributed by atoms with Gasteiger partial charge in [-0.05, 0) is 65.9 Å². The molecule has 6 heteroatoms. The third kappa shape index (κ3) is 7.49. The van der Waals surface area contributed by atoms with E-state index in [1.807, 2.05) is 24.3 Å². The number of carbonyl (C=O) groups excluding carboxylic acids is 1. The molecule has 4 N–H and O–H groups in total. The van der Waals surface area contributed by atoms with E-state index in [0.29, 0.717) is 0 Å². The Labute approximate surface area is 179 Å². The van der Waals surface area contributed by atoms with Crippen molar-refractivity contribution in [3.63, 3.8) is 0 Å². The predicted molar refractivity (Wildman–Crippen MR) is 122 cm³/mol. The number of nitrogens with one attached hydrogen (secondary N) is 1. The van der Waals surface area contributed by atoms with Crippen LogP contribution in [-0.2, 0) is 0 Å². The van der Waals surface area contributed by atoms with Crippen molar-refractivity contribution in [2.24, 2.45) is 5.73 Å². The van der Waals surface area contributed by atoms with Crippen molar-refractivity contribution < 1.29 is 9.90 Å². The van der Waals surface area contributed by atoms with Crippen LogP contribution in [0.2, 0.25) is 5.02 Å². The molecule has 3 aromatic rings. The van der Waals surface area contributed by atoms with Gasteiger partial charge in [0.15, 0.2) is 0 Å². The average molecular weight is 425 g/mol. The summed E-state index contributed by atoms with van der Waals surface area (Å²) < 4.78 is 0. The van der Waals surface area contributed by atoms with Gasteiger partial charge in [-0.15, -0.1) is 0 Å². The highest BCUT2D eigenvalue weighted by Crippen LogP contribution is 2.23. The molecule has 3 rings (SSSR count). The molecule has 0 spiro atoms. The zero-order chi connectivity index (χ0) is 21.2. The van der Waals surface area contributed by atoms with Crippen LogP contribution in [-0.4, -0.2) is 17.2 Å². The van der Waals surface area contributed by atoms with Gasteiger partial charge in [0.05, 0.1) is 5.02 Å². The minimum atomic E-state index is -0.563. The van der Waals surface area contributed by atoms with Crippen LogP contribution < -0.4 is 5.73 Å². The fraction of sp³-hybridized carbons (Fsp3) is 0.0435. The van der Waals surface area contributed by atoms with Crippen molar-refractivity contribution in [2.45, 2.75) is 11.8 Å². The first-order valence-electron chi connectivity index (χ1n) is 8.68. The van der Waals surface area contributed by atoms with Gasteiger partial charge >= 0.3 is 0 Å². The summed E-state index contributed by atoms with van der Waals surface area (Å²) in [5.41, 5.74) is 8.57. The number of aryl methyl sites for hydroxylation is 1. The van der Waals surface area contributed by atoms with Gasteiger partial charge in [-0.3, -0.25) is 4.79 Å². The lowest BCUT2D eigenvalue weighted by Gasteiger charge is -1.98. The molecule has 0 atom stereocenters. The van der Waals surface area contributed by atoms with E-state index < -0.39 is 5.91 Å². The number of nitrogens with two attached hydrogens (primary N) is 1. The van der Waals surface area contributed by atoms with Crippen molar-refractivity contribution in [2.75, 3.05) is 0 Å². The van der Waals surface area contributed by atoms with Gasteiger partial charge in [0.1, 0.15) is 5.75 Å². The lowest BCUT2D eigenvalue weighted by atomic mass is 10.1. The van der Waals surface area contributed by atoms with Gasteiger partial charge in [0.2, 0.25) is 5.91 Å². The molecule has 4 nitrogen and oxygen atoms in total. The first-order chi connectivity index (χ1) is 13.9. The number of phenolic OH excluding ortho intramolecular Hbond substituents is 1. The van der Waals surface area contributed by atoms with E-state index in [2.05, 4.69) is 42.7 Å². The number of thioether (sulfide) groups is 1. The second kappa shape index (κ2) is 11.1. The zero-order valence-corrected chi connectivity index (χ0v) is 17.4. The molecular weight excluding hydrogens is 404 g/mol. The average Bonchev–Trinajstić information content (AvgIpc) is 2.72. The number of hydrogen-bond acceptors (Lipinski definition) is 4. The summed E-state index contributed by atoms with van der Waals surface area (Å²) in [6, 6.07) is 20.5. The lowest BCUT2D eigenvalue weighted by Crippen LogP contribution is -2.10. The van der Waals surface area contributed by atoms with Crippen LogP contribution in [0.3, 0.4) is 0 Å². The number of primary amides is 1. The Bertz CT molecular complexity index is 1020. The van der Waals surface area contributed by atoms with Crippen LogP contribution in [0, 0.1) is 12.3 Å². The van der Waals surface area contributed by atoms with Crippen LogP contribution in [0.25, 0.3) is 6.08 Å². The van der Waals surface area contributed by atoms with Crippen molar-refractivity contribution in [3.8, 4) is 5.75 Å². The van der Waals surface area contributed by atoms with E-state index in [0.717, 1.165) is 11.1 Å². The van der Waals surface area contributed by atoms with E-state index in [1.165, 1.54) is 34.9 Å². The maximum absolute atomic E-state index is 10.5. The lowest BCUT2D eigenvalue weighted by molar-refractivity contribution is 0.100. The molecule has 0 heterocycles. The standard InChI is InChI=1S/C16H15NS.C7H6ClNO2/c1-13-5-7-16(8-6-13)18-10-9-14-3-2-4-15(11-14)12-17;8-5-3-4(7(9)11)1-2-6(5)10/h2-12,17H,1H3;1-3,10H,(H2,9,11)/b10-9+,17-12?;. The number of hydrogen-bond donors (Lipinski definition) is 3. The predicted octanol–water partition coefficient (Wildman–Crippen LogP) is 5.90. The van der Waals surface area contributed by atoms with E-state index in [4.69, 9.17) is 27.9 Å². The normalized spacial score (nSPS) is 10.3. The van der Waals surface area contributed by atoms with E-state index in [9.17, 15) is 4.79 Å². The maximum atomic E-state index is 10.5. The zero-order valence-electron chi connectivity index (χ0n) is 15.8. The molecule has 1 amide bonds. The summed E-state index contributed by atoms with van der Waals surface area (Å²) in [5.74, 6) is -0.622. The van der Waals surface area contributed by atoms with Crippen molar-refractivity contribution >= 4 is 41.6 Å². The summed E-state index contributed by atoms with van der Waals surface area (Å²) in [6.07, 6.45) is 3.43. The Morgan fingerprint density at radius 1 is 1.07 bits per heavy atom. The van der Waals surface area contributed by atoms with E-state index in [1.54, 1.807) is 11.8 Å². The number of aromatic hydroxyl groups is 1. The SMILES string of the molecule is Cc1ccc(S/C=C/c2cccc(C=N)c2)cc1.NC(=O)c1ccc(O)c(Cl)c1. The second-order valence-corrected chi connectivity index (χ2v) is 7.47. The van der Waals surface area contributed by atoms with E-state index in [-0.39, 0.29) is 16.3 Å². The Kier molecular flexibility index (Phi) is 8.52. The molecule has 0 aliphatic heterocycles. The molecule has 0 fully saturated rings. The number of carbonyl (C=O) groups is 1. The van der Waals surface area contributed by atoms with Crippen LogP contribution in [0.15, 0.2) is 77.0 Å². The van der Waals surface area contributed by atoms with Crippen LogP contribution in [0.4, 0.5) is 0 Å². The highest BCUT2D eigenvalue weighted by Gasteiger charge is 2.03. The number of amides is 1. The van der Waals surface area contributed by atoms with E-state index >= 15 is 0 Å². The first kappa shape index (κ1) is 22.3. The number of phenols is 1. The molecule has 0 saturated heterocycles. The largest absolute Gasteiger partial charge is 0.506 e. The van der Waals surface area contributed by atoms with Gasteiger partial charge < -0.3 is 16.2 Å². The smallest absolute Gasteiger partial charge is 0.248 e. The number of halogens is 1. The third-order valence-corrected chi connectivity index (χ3v) is 4.91. The summed E-state index contributed by atoms with van der Waals surface area (Å²) in [6.45, 7) is 2.09. The molecule has 0 aromatic heterocycles.